The predicted molar refractivity (Wildman–Crippen MR) is 135 cm³/mol. The lowest BCUT2D eigenvalue weighted by molar-refractivity contribution is -0.149. The lowest BCUT2D eigenvalue weighted by Gasteiger charge is -2.33. The van der Waals surface area contributed by atoms with Gasteiger partial charge in [-0.3, -0.25) is 9.79 Å². The van der Waals surface area contributed by atoms with E-state index in [-0.39, 0.29) is 35.9 Å². The van der Waals surface area contributed by atoms with Crippen molar-refractivity contribution in [2.45, 2.75) is 46.5 Å². The molecule has 0 atom stereocenters. The maximum absolute atomic E-state index is 11.9. The molecular weight excluding hydrogens is 509 g/mol. The van der Waals surface area contributed by atoms with Gasteiger partial charge in [-0.2, -0.15) is 0 Å². The fourth-order valence-corrected chi connectivity index (χ4v) is 3.63. The summed E-state index contributed by atoms with van der Waals surface area (Å²) in [7, 11) is 1.66. The van der Waals surface area contributed by atoms with Crippen molar-refractivity contribution < 1.29 is 19.0 Å². The molecule has 1 aliphatic heterocycles. The molecule has 1 fully saturated rings. The first-order valence-corrected chi connectivity index (χ1v) is 11.1. The monoisotopic (exact) mass is 547 g/mol. The summed E-state index contributed by atoms with van der Waals surface area (Å²) in [6, 6.07) is 6.09. The number of carbonyl (C=O) groups excluding carboxylic acids is 1. The fraction of sp³-hybridized carbons (Fsp3) is 0.652. The Labute approximate surface area is 203 Å². The Hall–Kier alpha value is -1.71. The summed E-state index contributed by atoms with van der Waals surface area (Å²) >= 11 is 0. The summed E-state index contributed by atoms with van der Waals surface area (Å²) in [5.74, 6) is 2.44. The van der Waals surface area contributed by atoms with Crippen LogP contribution < -0.4 is 14.8 Å². The van der Waals surface area contributed by atoms with Crippen molar-refractivity contribution in [3.05, 3.63) is 23.8 Å². The van der Waals surface area contributed by atoms with Crippen LogP contribution in [0.25, 0.3) is 0 Å². The van der Waals surface area contributed by atoms with E-state index >= 15 is 0 Å². The lowest BCUT2D eigenvalue weighted by Crippen LogP contribution is -2.46. The number of carbonyl (C=O) groups is 1. The Morgan fingerprint density at radius 2 is 1.90 bits per heavy atom. The summed E-state index contributed by atoms with van der Waals surface area (Å²) in [5, 5.41) is 3.38. The quantitative estimate of drug-likeness (QED) is 0.158. The fourth-order valence-electron chi connectivity index (χ4n) is 3.63. The molecule has 0 aliphatic carbocycles. The van der Waals surface area contributed by atoms with Crippen molar-refractivity contribution >= 4 is 35.9 Å². The Balaban J connectivity index is 0.00000480. The van der Waals surface area contributed by atoms with Gasteiger partial charge in [-0.1, -0.05) is 6.07 Å². The van der Waals surface area contributed by atoms with E-state index in [1.807, 2.05) is 19.9 Å². The number of aryl methyl sites for hydroxylation is 1. The SMILES string of the molecule is CCNC(=NCCCc1ccc(OC)c(OCC)c1)N1CCC(C(=O)OCC)CC1.I. The number of likely N-dealkylation sites (tertiary alicyclic amines) is 1. The van der Waals surface area contributed by atoms with Gasteiger partial charge < -0.3 is 24.4 Å². The van der Waals surface area contributed by atoms with E-state index < -0.39 is 0 Å². The van der Waals surface area contributed by atoms with Crippen LogP contribution in [0.4, 0.5) is 0 Å². The largest absolute Gasteiger partial charge is 0.493 e. The minimum atomic E-state index is -0.0648. The molecule has 0 amide bonds. The molecule has 1 aromatic rings. The number of esters is 1. The van der Waals surface area contributed by atoms with Gasteiger partial charge in [-0.15, -0.1) is 24.0 Å². The number of halogens is 1. The van der Waals surface area contributed by atoms with E-state index in [4.69, 9.17) is 19.2 Å². The van der Waals surface area contributed by atoms with E-state index in [9.17, 15) is 4.79 Å². The highest BCUT2D eigenvalue weighted by Gasteiger charge is 2.27. The first-order valence-electron chi connectivity index (χ1n) is 11.1. The molecule has 1 aliphatic rings. The topological polar surface area (TPSA) is 72.4 Å². The predicted octanol–water partition coefficient (Wildman–Crippen LogP) is 3.89. The van der Waals surface area contributed by atoms with Crippen LogP contribution in [0.3, 0.4) is 0 Å². The number of hydrogen-bond donors (Lipinski definition) is 1. The molecule has 7 nitrogen and oxygen atoms in total. The Morgan fingerprint density at radius 1 is 1.16 bits per heavy atom. The molecule has 1 heterocycles. The third-order valence-electron chi connectivity index (χ3n) is 5.16. The number of guanidine groups is 1. The van der Waals surface area contributed by atoms with Crippen molar-refractivity contribution in [2.75, 3.05) is 46.5 Å². The first-order chi connectivity index (χ1) is 14.6. The average molecular weight is 547 g/mol. The molecule has 31 heavy (non-hydrogen) atoms. The van der Waals surface area contributed by atoms with E-state index in [1.165, 1.54) is 5.56 Å². The molecule has 0 radical (unpaired) electrons. The summed E-state index contributed by atoms with van der Waals surface area (Å²) in [6.07, 6.45) is 3.51. The van der Waals surface area contributed by atoms with Crippen molar-refractivity contribution in [1.82, 2.24) is 10.2 Å². The van der Waals surface area contributed by atoms with E-state index in [0.29, 0.717) is 13.2 Å². The highest BCUT2D eigenvalue weighted by molar-refractivity contribution is 14.0. The second-order valence-electron chi connectivity index (χ2n) is 7.27. The smallest absolute Gasteiger partial charge is 0.309 e. The molecule has 1 aromatic carbocycles. The van der Waals surface area contributed by atoms with Gasteiger partial charge in [-0.05, 0) is 64.2 Å². The number of nitrogens with zero attached hydrogens (tertiary/aromatic N) is 2. The van der Waals surface area contributed by atoms with Gasteiger partial charge in [0.1, 0.15) is 0 Å². The summed E-state index contributed by atoms with van der Waals surface area (Å²) < 4.78 is 16.2. The molecule has 8 heteroatoms. The van der Waals surface area contributed by atoms with Gasteiger partial charge in [0.25, 0.3) is 0 Å². The number of hydrogen-bond acceptors (Lipinski definition) is 5. The number of rotatable bonds is 10. The van der Waals surface area contributed by atoms with Crippen LogP contribution in [0, 0.1) is 5.92 Å². The van der Waals surface area contributed by atoms with Gasteiger partial charge in [0, 0.05) is 26.2 Å². The molecule has 0 bridgehead atoms. The van der Waals surface area contributed by atoms with Gasteiger partial charge in [-0.25, -0.2) is 0 Å². The minimum Gasteiger partial charge on any atom is -0.493 e. The summed E-state index contributed by atoms with van der Waals surface area (Å²) in [5.41, 5.74) is 1.22. The molecular formula is C23H38IN3O4. The molecule has 0 unspecified atom stereocenters. The molecule has 1 N–H and O–H groups in total. The van der Waals surface area contributed by atoms with Crippen LogP contribution in [0.15, 0.2) is 23.2 Å². The third kappa shape index (κ3) is 8.74. The number of ether oxygens (including phenoxy) is 3. The second kappa shape index (κ2) is 15.2. The van der Waals surface area contributed by atoms with E-state index in [0.717, 1.165) is 69.3 Å². The van der Waals surface area contributed by atoms with E-state index in [1.54, 1.807) is 7.11 Å². The highest BCUT2D eigenvalue weighted by Crippen LogP contribution is 2.28. The van der Waals surface area contributed by atoms with E-state index in [2.05, 4.69) is 29.3 Å². The average Bonchev–Trinajstić information content (AvgIpc) is 2.76. The maximum Gasteiger partial charge on any atom is 0.309 e. The Kier molecular flexibility index (Phi) is 13.4. The van der Waals surface area contributed by atoms with Crippen LogP contribution >= 0.6 is 24.0 Å². The molecule has 0 aromatic heterocycles. The second-order valence-corrected chi connectivity index (χ2v) is 7.27. The highest BCUT2D eigenvalue weighted by atomic mass is 127. The number of benzene rings is 1. The van der Waals surface area contributed by atoms with Gasteiger partial charge in [0.05, 0.1) is 26.2 Å². The number of nitrogens with one attached hydrogen (secondary N) is 1. The zero-order valence-electron chi connectivity index (χ0n) is 19.3. The third-order valence-corrected chi connectivity index (χ3v) is 5.16. The molecule has 0 spiro atoms. The number of methoxy groups -OCH3 is 1. The summed E-state index contributed by atoms with van der Waals surface area (Å²) in [6.45, 7) is 10.2. The van der Waals surface area contributed by atoms with Crippen molar-refractivity contribution in [2.24, 2.45) is 10.9 Å². The normalized spacial score (nSPS) is 14.6. The number of aliphatic imine (C=N–C) groups is 1. The van der Waals surface area contributed by atoms with Crippen molar-refractivity contribution in [1.29, 1.82) is 0 Å². The van der Waals surface area contributed by atoms with Crippen LogP contribution in [0.5, 0.6) is 11.5 Å². The lowest BCUT2D eigenvalue weighted by atomic mass is 9.97. The van der Waals surface area contributed by atoms with Gasteiger partial charge in [0.15, 0.2) is 17.5 Å². The molecule has 1 saturated heterocycles. The zero-order chi connectivity index (χ0) is 21.8. The summed E-state index contributed by atoms with van der Waals surface area (Å²) in [4.78, 5) is 19.0. The Bertz CT molecular complexity index is 691. The Morgan fingerprint density at radius 3 is 2.52 bits per heavy atom. The standard InChI is InChI=1S/C23H37N3O4.HI/c1-5-24-23(26-15-12-19(13-16-26)22(27)30-7-3)25-14-8-9-18-10-11-20(28-4)21(17-18)29-6-2;/h10-11,17,19H,5-9,12-16H2,1-4H3,(H,24,25);1H. The first kappa shape index (κ1) is 27.3. The van der Waals surface area contributed by atoms with Gasteiger partial charge >= 0.3 is 5.97 Å². The molecule has 176 valence electrons. The van der Waals surface area contributed by atoms with Crippen LogP contribution in [-0.4, -0.2) is 63.3 Å². The van der Waals surface area contributed by atoms with Crippen molar-refractivity contribution in [3.8, 4) is 11.5 Å². The van der Waals surface area contributed by atoms with Crippen LogP contribution in [0.1, 0.15) is 45.6 Å². The van der Waals surface area contributed by atoms with Gasteiger partial charge in [0.2, 0.25) is 0 Å². The zero-order valence-corrected chi connectivity index (χ0v) is 21.6. The minimum absolute atomic E-state index is 0. The maximum atomic E-state index is 11.9. The van der Waals surface area contributed by atoms with Crippen LogP contribution in [-0.2, 0) is 16.0 Å². The van der Waals surface area contributed by atoms with Crippen molar-refractivity contribution in [3.63, 3.8) is 0 Å². The number of piperidine rings is 1. The van der Waals surface area contributed by atoms with Crippen LogP contribution in [0.2, 0.25) is 0 Å². The molecule has 2 rings (SSSR count). The molecule has 0 saturated carbocycles.